The van der Waals surface area contributed by atoms with Crippen molar-refractivity contribution in [3.8, 4) is 0 Å². The van der Waals surface area contributed by atoms with Gasteiger partial charge < -0.3 is 15.6 Å². The summed E-state index contributed by atoms with van der Waals surface area (Å²) in [5.74, 6) is 0.510. The van der Waals surface area contributed by atoms with E-state index >= 15 is 0 Å². The summed E-state index contributed by atoms with van der Waals surface area (Å²) in [6.07, 6.45) is 3.13. The Kier molecular flexibility index (Phi) is 4.30. The van der Waals surface area contributed by atoms with Gasteiger partial charge in [-0.3, -0.25) is 0 Å². The lowest BCUT2D eigenvalue weighted by Crippen LogP contribution is -2.08. The molecule has 0 aliphatic heterocycles. The summed E-state index contributed by atoms with van der Waals surface area (Å²) >= 11 is 0. The van der Waals surface area contributed by atoms with Gasteiger partial charge >= 0.3 is 0 Å². The number of anilines is 1. The Morgan fingerprint density at radius 2 is 2.06 bits per heavy atom. The summed E-state index contributed by atoms with van der Waals surface area (Å²) in [4.78, 5) is 0. The van der Waals surface area contributed by atoms with Gasteiger partial charge in [-0.1, -0.05) is 17.3 Å². The number of hydrogen-bond donors (Lipinski definition) is 2. The fraction of sp³-hybridized carbons (Fsp3) is 0.308. The summed E-state index contributed by atoms with van der Waals surface area (Å²) in [5.41, 5.74) is 7.28. The fourth-order valence-corrected chi connectivity index (χ4v) is 1.65. The number of halogens is 1. The van der Waals surface area contributed by atoms with Crippen LogP contribution in [0.4, 0.5) is 10.1 Å². The zero-order chi connectivity index (χ0) is 12.8. The second-order valence-corrected chi connectivity index (χ2v) is 4.03. The van der Waals surface area contributed by atoms with Crippen LogP contribution in [0.1, 0.15) is 17.7 Å². The van der Waals surface area contributed by atoms with Gasteiger partial charge in [-0.2, -0.15) is 0 Å². The van der Waals surface area contributed by atoms with Crippen LogP contribution in [0.5, 0.6) is 0 Å². The molecular formula is C13H16FN3O. The molecule has 0 unspecified atom stereocenters. The van der Waals surface area contributed by atoms with Crippen molar-refractivity contribution in [3.05, 3.63) is 47.6 Å². The summed E-state index contributed by atoms with van der Waals surface area (Å²) in [7, 11) is 0. The average molecular weight is 249 g/mol. The maximum Gasteiger partial charge on any atom is 0.164 e. The molecule has 2 rings (SSSR count). The summed E-state index contributed by atoms with van der Waals surface area (Å²) in [6.45, 7) is 1.43. The van der Waals surface area contributed by atoms with Crippen LogP contribution in [0.25, 0.3) is 0 Å². The first-order chi connectivity index (χ1) is 8.79. The predicted molar refractivity (Wildman–Crippen MR) is 67.9 cm³/mol. The first kappa shape index (κ1) is 12.6. The van der Waals surface area contributed by atoms with Crippen LogP contribution in [-0.2, 0) is 6.42 Å². The van der Waals surface area contributed by atoms with E-state index in [0.717, 1.165) is 30.0 Å². The topological polar surface area (TPSA) is 64.1 Å². The van der Waals surface area contributed by atoms with Crippen molar-refractivity contribution >= 4 is 5.69 Å². The van der Waals surface area contributed by atoms with Gasteiger partial charge in [0.1, 0.15) is 5.82 Å². The molecule has 96 valence electrons. The number of benzene rings is 1. The molecule has 18 heavy (non-hydrogen) atoms. The molecule has 0 amide bonds. The van der Waals surface area contributed by atoms with Crippen LogP contribution in [0.15, 0.2) is 35.0 Å². The standard InChI is InChI=1S/C13H16FN3O/c14-11-4-2-10(3-5-11)8-13-12(9-17-18-13)16-7-1-6-15/h2-5,9,16H,1,6-8,15H2. The van der Waals surface area contributed by atoms with E-state index in [1.54, 1.807) is 18.3 Å². The van der Waals surface area contributed by atoms with E-state index in [0.29, 0.717) is 13.0 Å². The highest BCUT2D eigenvalue weighted by molar-refractivity contribution is 5.46. The summed E-state index contributed by atoms with van der Waals surface area (Å²) in [6, 6.07) is 6.35. The Bertz CT molecular complexity index is 481. The normalized spacial score (nSPS) is 10.6. The van der Waals surface area contributed by atoms with Crippen molar-refractivity contribution in [1.82, 2.24) is 5.16 Å². The second kappa shape index (κ2) is 6.16. The number of aromatic nitrogens is 1. The smallest absolute Gasteiger partial charge is 0.164 e. The first-order valence-corrected chi connectivity index (χ1v) is 5.91. The lowest BCUT2D eigenvalue weighted by atomic mass is 10.1. The first-order valence-electron chi connectivity index (χ1n) is 5.91. The maximum atomic E-state index is 12.8. The third-order valence-corrected chi connectivity index (χ3v) is 2.62. The molecule has 1 heterocycles. The lowest BCUT2D eigenvalue weighted by Gasteiger charge is -2.04. The Balaban J connectivity index is 2.00. The lowest BCUT2D eigenvalue weighted by molar-refractivity contribution is 0.390. The Hall–Kier alpha value is -1.88. The minimum atomic E-state index is -0.238. The maximum absolute atomic E-state index is 12.8. The molecule has 0 saturated heterocycles. The number of hydrogen-bond acceptors (Lipinski definition) is 4. The molecule has 2 aromatic rings. The molecule has 3 N–H and O–H groups in total. The van der Waals surface area contributed by atoms with Gasteiger partial charge in [-0.05, 0) is 30.7 Å². The molecular weight excluding hydrogens is 233 g/mol. The van der Waals surface area contributed by atoms with Gasteiger partial charge in [0.2, 0.25) is 0 Å². The molecule has 0 bridgehead atoms. The summed E-state index contributed by atoms with van der Waals surface area (Å²) in [5, 5.41) is 6.99. The van der Waals surface area contributed by atoms with Crippen LogP contribution in [0, 0.1) is 5.82 Å². The van der Waals surface area contributed by atoms with Crippen LogP contribution in [0.3, 0.4) is 0 Å². The van der Waals surface area contributed by atoms with Crippen molar-refractivity contribution in [2.24, 2.45) is 5.73 Å². The monoisotopic (exact) mass is 249 g/mol. The molecule has 0 saturated carbocycles. The van der Waals surface area contributed by atoms with E-state index in [-0.39, 0.29) is 5.82 Å². The van der Waals surface area contributed by atoms with E-state index < -0.39 is 0 Å². The third-order valence-electron chi connectivity index (χ3n) is 2.62. The molecule has 0 radical (unpaired) electrons. The molecule has 1 aromatic heterocycles. The Labute approximate surface area is 105 Å². The van der Waals surface area contributed by atoms with Gasteiger partial charge in [-0.15, -0.1) is 0 Å². The van der Waals surface area contributed by atoms with E-state index in [1.807, 2.05) is 0 Å². The molecule has 0 atom stereocenters. The minimum Gasteiger partial charge on any atom is -0.381 e. The highest BCUT2D eigenvalue weighted by Gasteiger charge is 2.08. The van der Waals surface area contributed by atoms with Crippen molar-refractivity contribution in [2.75, 3.05) is 18.4 Å². The third kappa shape index (κ3) is 3.30. The number of nitrogens with two attached hydrogens (primary N) is 1. The van der Waals surface area contributed by atoms with Gasteiger partial charge in [-0.25, -0.2) is 4.39 Å². The van der Waals surface area contributed by atoms with Gasteiger partial charge in [0, 0.05) is 13.0 Å². The van der Waals surface area contributed by atoms with Gasteiger partial charge in [0.15, 0.2) is 5.76 Å². The SMILES string of the molecule is NCCCNc1cnoc1Cc1ccc(F)cc1. The summed E-state index contributed by atoms with van der Waals surface area (Å²) < 4.78 is 18.0. The van der Waals surface area contributed by atoms with E-state index in [2.05, 4.69) is 10.5 Å². The second-order valence-electron chi connectivity index (χ2n) is 4.03. The molecule has 4 nitrogen and oxygen atoms in total. The van der Waals surface area contributed by atoms with Gasteiger partial charge in [0.05, 0.1) is 11.9 Å². The molecule has 0 aliphatic rings. The van der Waals surface area contributed by atoms with Crippen molar-refractivity contribution in [3.63, 3.8) is 0 Å². The fourth-order valence-electron chi connectivity index (χ4n) is 1.65. The zero-order valence-electron chi connectivity index (χ0n) is 10.0. The highest BCUT2D eigenvalue weighted by Crippen LogP contribution is 2.18. The molecule has 0 fully saturated rings. The zero-order valence-corrected chi connectivity index (χ0v) is 10.0. The van der Waals surface area contributed by atoms with E-state index in [4.69, 9.17) is 10.3 Å². The van der Waals surface area contributed by atoms with E-state index in [9.17, 15) is 4.39 Å². The molecule has 1 aromatic carbocycles. The highest BCUT2D eigenvalue weighted by atomic mass is 19.1. The minimum absolute atomic E-state index is 0.238. The number of rotatable bonds is 6. The molecule has 0 aliphatic carbocycles. The van der Waals surface area contributed by atoms with Crippen molar-refractivity contribution in [1.29, 1.82) is 0 Å². The van der Waals surface area contributed by atoms with Crippen LogP contribution in [-0.4, -0.2) is 18.2 Å². The predicted octanol–water partition coefficient (Wildman–Crippen LogP) is 2.17. The van der Waals surface area contributed by atoms with E-state index in [1.165, 1.54) is 12.1 Å². The number of nitrogens with one attached hydrogen (secondary N) is 1. The van der Waals surface area contributed by atoms with Gasteiger partial charge in [0.25, 0.3) is 0 Å². The molecule has 0 spiro atoms. The van der Waals surface area contributed by atoms with Crippen LogP contribution < -0.4 is 11.1 Å². The largest absolute Gasteiger partial charge is 0.381 e. The Morgan fingerprint density at radius 3 is 2.78 bits per heavy atom. The van der Waals surface area contributed by atoms with Crippen molar-refractivity contribution < 1.29 is 8.91 Å². The van der Waals surface area contributed by atoms with Crippen molar-refractivity contribution in [2.45, 2.75) is 12.8 Å². The Morgan fingerprint density at radius 1 is 1.28 bits per heavy atom. The van der Waals surface area contributed by atoms with Crippen LogP contribution in [0.2, 0.25) is 0 Å². The number of nitrogens with zero attached hydrogens (tertiary/aromatic N) is 1. The quantitative estimate of drug-likeness (QED) is 0.770. The van der Waals surface area contributed by atoms with Crippen LogP contribution >= 0.6 is 0 Å². The molecule has 5 heteroatoms. The average Bonchev–Trinajstić information content (AvgIpc) is 2.80.